The minimum absolute atomic E-state index is 0.0157. The fraction of sp³-hybridized carbons (Fsp3) is 0.392. The second-order valence-electron chi connectivity index (χ2n) is 25.8. The highest BCUT2D eigenvalue weighted by Crippen LogP contribution is 2.45. The number of fused-ring (bicyclic) bond motifs is 3. The van der Waals surface area contributed by atoms with Crippen molar-refractivity contribution in [1.29, 1.82) is 0 Å². The average Bonchev–Trinajstić information content (AvgIpc) is 1.01. The number of carbonyl (C=O) groups excluding carboxylic acids is 8. The topological polar surface area (TPSA) is 317 Å². The molecule has 1 aliphatic carbocycles. The van der Waals surface area contributed by atoms with E-state index in [0.717, 1.165) is 27.8 Å². The molecule has 0 aromatic heterocycles. The molecule has 0 spiro atoms. The number of amides is 8. The summed E-state index contributed by atoms with van der Waals surface area (Å²) in [5.41, 5.74) is 16.5. The molecular formula is C74H90N8O14. The zero-order chi connectivity index (χ0) is 69.9. The van der Waals surface area contributed by atoms with E-state index in [4.69, 9.17) is 30.4 Å². The number of aliphatic carboxylic acids is 1. The van der Waals surface area contributed by atoms with Crippen LogP contribution in [-0.4, -0.2) is 142 Å². The number of rotatable bonds is 30. The second kappa shape index (κ2) is 33.7. The van der Waals surface area contributed by atoms with Gasteiger partial charge in [0.05, 0.1) is 36.4 Å². The van der Waals surface area contributed by atoms with Crippen molar-refractivity contribution >= 4 is 53.6 Å². The van der Waals surface area contributed by atoms with Crippen molar-refractivity contribution in [3.05, 3.63) is 203 Å². The molecule has 6 aromatic carbocycles. The summed E-state index contributed by atoms with van der Waals surface area (Å²) in [6.45, 7) is 12.3. The first-order valence-electron chi connectivity index (χ1n) is 32.2. The lowest BCUT2D eigenvalue weighted by molar-refractivity contribution is -0.166. The van der Waals surface area contributed by atoms with Gasteiger partial charge in [0, 0.05) is 12.5 Å². The van der Waals surface area contributed by atoms with E-state index in [0.29, 0.717) is 21.6 Å². The molecule has 0 saturated heterocycles. The van der Waals surface area contributed by atoms with E-state index < -0.39 is 132 Å². The van der Waals surface area contributed by atoms with Gasteiger partial charge in [0.2, 0.25) is 29.5 Å². The van der Waals surface area contributed by atoms with Gasteiger partial charge < -0.3 is 56.8 Å². The molecule has 96 heavy (non-hydrogen) atoms. The maximum atomic E-state index is 15.6. The van der Waals surface area contributed by atoms with E-state index in [1.54, 1.807) is 116 Å². The van der Waals surface area contributed by atoms with Gasteiger partial charge in [-0.1, -0.05) is 190 Å². The number of alkyl carbamates (subject to hydrolysis) is 2. The van der Waals surface area contributed by atoms with Gasteiger partial charge >= 0.3 is 18.2 Å². The summed E-state index contributed by atoms with van der Waals surface area (Å²) in [5, 5.41) is 22.1. The minimum atomic E-state index is -2.17. The van der Waals surface area contributed by atoms with Crippen LogP contribution in [0.1, 0.15) is 127 Å². The number of nitrogens with two attached hydrogens (primary N) is 2. The molecule has 0 unspecified atom stereocenters. The van der Waals surface area contributed by atoms with E-state index in [-0.39, 0.29) is 49.8 Å². The van der Waals surface area contributed by atoms with Crippen molar-refractivity contribution in [2.45, 2.75) is 154 Å². The van der Waals surface area contributed by atoms with Gasteiger partial charge in [-0.3, -0.25) is 38.6 Å². The lowest BCUT2D eigenvalue weighted by Gasteiger charge is -2.37. The van der Waals surface area contributed by atoms with Gasteiger partial charge in [-0.25, -0.2) is 14.4 Å². The van der Waals surface area contributed by atoms with Crippen LogP contribution in [0.5, 0.6) is 0 Å². The van der Waals surface area contributed by atoms with Crippen LogP contribution in [-0.2, 0) is 64.7 Å². The number of nitrogens with one attached hydrogen (secondary N) is 4. The van der Waals surface area contributed by atoms with Crippen molar-refractivity contribution in [3.8, 4) is 11.1 Å². The molecule has 8 amide bonds. The van der Waals surface area contributed by atoms with Crippen LogP contribution in [0.3, 0.4) is 0 Å². The molecule has 0 aliphatic heterocycles. The number of carboxylic acid groups (broad SMARTS) is 1. The fourth-order valence-corrected chi connectivity index (χ4v) is 11.5. The van der Waals surface area contributed by atoms with Crippen LogP contribution >= 0.6 is 0 Å². The molecule has 0 heterocycles. The summed E-state index contributed by atoms with van der Waals surface area (Å²) in [5.74, 6) is -9.97. The standard InChI is InChI=1S/C74H90N8O14/c1-10-47(2)64(79-65(85)59(40-27-41-77-70(91)93-44-49-28-15-11-16-29-49)78-71(92)94-45-57-55-38-25-23-36-53(55)54-37-24-26-39-56(54)57)68(88)81(67(87)63(76)48(3)96-73(7,8)9)43-62(84)82(60(69(89)90)46-95-72(4,5)6)66(86)58(75)42-61(83)80-74(50-30-17-12-18-31-50,51-32-19-13-20-33-51)52-34-21-14-22-35-52/h11-26,28-39,47-48,57-60,63-64H,10,27,40-46,75-76H2,1-9H3,(H,77,91)(H,78,92)(H,79,85)(H,80,83)(H,89,90)/t47-,48-,58-,59+,60-,63-,64-/m0/s1. The Morgan fingerprint density at radius 2 is 1.12 bits per heavy atom. The second-order valence-corrected chi connectivity index (χ2v) is 25.8. The highest BCUT2D eigenvalue weighted by atomic mass is 16.6. The van der Waals surface area contributed by atoms with Crippen molar-refractivity contribution in [2.24, 2.45) is 17.4 Å². The van der Waals surface area contributed by atoms with E-state index in [2.05, 4.69) is 21.3 Å². The maximum absolute atomic E-state index is 15.6. The van der Waals surface area contributed by atoms with Crippen LogP contribution < -0.4 is 32.7 Å². The normalized spacial score (nSPS) is 14.3. The Bertz CT molecular complexity index is 3500. The molecule has 0 bridgehead atoms. The first-order valence-corrected chi connectivity index (χ1v) is 32.2. The third-order valence-corrected chi connectivity index (χ3v) is 16.5. The summed E-state index contributed by atoms with van der Waals surface area (Å²) in [6.07, 6.45) is -3.64. The van der Waals surface area contributed by atoms with Crippen molar-refractivity contribution in [2.75, 3.05) is 26.3 Å². The average molecular weight is 1320 g/mol. The van der Waals surface area contributed by atoms with Crippen molar-refractivity contribution in [3.63, 3.8) is 0 Å². The van der Waals surface area contributed by atoms with E-state index in [1.165, 1.54) is 6.92 Å². The number of carbonyl (C=O) groups is 9. The minimum Gasteiger partial charge on any atom is -0.480 e. The molecule has 510 valence electrons. The first kappa shape index (κ1) is 73.8. The van der Waals surface area contributed by atoms with Gasteiger partial charge in [0.15, 0.2) is 6.04 Å². The molecule has 0 radical (unpaired) electrons. The van der Waals surface area contributed by atoms with Gasteiger partial charge in [0.25, 0.3) is 5.91 Å². The highest BCUT2D eigenvalue weighted by Gasteiger charge is 2.45. The molecule has 7 rings (SSSR count). The molecule has 0 fully saturated rings. The zero-order valence-electron chi connectivity index (χ0n) is 56.0. The summed E-state index contributed by atoms with van der Waals surface area (Å²) in [4.78, 5) is 132. The predicted molar refractivity (Wildman–Crippen MR) is 361 cm³/mol. The maximum Gasteiger partial charge on any atom is 0.407 e. The Labute approximate surface area is 561 Å². The van der Waals surface area contributed by atoms with Crippen LogP contribution in [0, 0.1) is 5.92 Å². The number of nitrogens with zero attached hydrogens (tertiary/aromatic N) is 2. The van der Waals surface area contributed by atoms with E-state index in [1.807, 2.05) is 109 Å². The predicted octanol–water partition coefficient (Wildman–Crippen LogP) is 8.47. The molecule has 7 atom stereocenters. The number of hydrogen-bond acceptors (Lipinski definition) is 15. The zero-order valence-corrected chi connectivity index (χ0v) is 56.0. The molecule has 22 nitrogen and oxygen atoms in total. The number of hydrogen-bond donors (Lipinski definition) is 7. The quantitative estimate of drug-likeness (QED) is 0.0164. The van der Waals surface area contributed by atoms with E-state index in [9.17, 15) is 29.1 Å². The SMILES string of the molecule is CC[C@H](C)[C@H](NC(=O)[C@@H](CCCNC(=O)OCc1ccccc1)NC(=O)OCC1c2ccccc2-c2ccccc21)C(=O)N(CC(=O)N(C(=O)[C@@H](N)CC(=O)NC(c1ccccc1)(c1ccccc1)c1ccccc1)[C@@H](COC(C)(C)C)C(=O)O)C(=O)[C@@H](N)[C@H](C)OC(C)(C)C. The van der Waals surface area contributed by atoms with E-state index >= 15 is 19.2 Å². The number of carboxylic acids is 1. The third kappa shape index (κ3) is 19.5. The molecule has 6 aromatic rings. The lowest BCUT2D eigenvalue weighted by atomic mass is 9.77. The Morgan fingerprint density at radius 3 is 1.62 bits per heavy atom. The summed E-state index contributed by atoms with van der Waals surface area (Å²) < 4.78 is 23.2. The summed E-state index contributed by atoms with van der Waals surface area (Å²) >= 11 is 0. The monoisotopic (exact) mass is 1310 g/mol. The van der Waals surface area contributed by atoms with Gasteiger partial charge in [-0.15, -0.1) is 0 Å². The Hall–Kier alpha value is -9.61. The van der Waals surface area contributed by atoms with Crippen LogP contribution in [0.2, 0.25) is 0 Å². The third-order valence-electron chi connectivity index (χ3n) is 16.5. The summed E-state index contributed by atoms with van der Waals surface area (Å²) in [7, 11) is 0. The molecule has 1 aliphatic rings. The fourth-order valence-electron chi connectivity index (χ4n) is 11.5. The molecule has 0 saturated carbocycles. The molecule has 9 N–H and O–H groups in total. The number of ether oxygens (including phenoxy) is 4. The summed E-state index contributed by atoms with van der Waals surface area (Å²) in [6, 6.07) is 42.6. The number of benzene rings is 6. The van der Waals surface area contributed by atoms with Crippen LogP contribution in [0.25, 0.3) is 11.1 Å². The molecule has 22 heteroatoms. The highest BCUT2D eigenvalue weighted by molar-refractivity contribution is 6.08. The van der Waals surface area contributed by atoms with Crippen LogP contribution in [0.4, 0.5) is 9.59 Å². The van der Waals surface area contributed by atoms with Crippen molar-refractivity contribution in [1.82, 2.24) is 31.1 Å². The Morgan fingerprint density at radius 1 is 0.615 bits per heavy atom. The lowest BCUT2D eigenvalue weighted by Crippen LogP contribution is -2.63. The van der Waals surface area contributed by atoms with Gasteiger partial charge in [-0.2, -0.15) is 0 Å². The molecular weight excluding hydrogens is 1220 g/mol. The van der Waals surface area contributed by atoms with Crippen LogP contribution in [0.15, 0.2) is 170 Å². The Balaban J connectivity index is 1.20. The largest absolute Gasteiger partial charge is 0.480 e. The van der Waals surface area contributed by atoms with Gasteiger partial charge in [-0.05, 0) is 112 Å². The smallest absolute Gasteiger partial charge is 0.407 e. The first-order chi connectivity index (χ1) is 45.6. The Kier molecular flexibility index (Phi) is 25.9. The van der Waals surface area contributed by atoms with Gasteiger partial charge in [0.1, 0.15) is 43.4 Å². The van der Waals surface area contributed by atoms with Crippen molar-refractivity contribution < 1.29 is 67.2 Å². The number of imide groups is 2.